The molecule has 4 nitrogen and oxygen atoms in total. The van der Waals surface area contributed by atoms with Crippen LogP contribution in [-0.4, -0.2) is 33.3 Å². The molecule has 0 aliphatic heterocycles. The molecular formula is C13H24N2O2S2. The largest absolute Gasteiger partial charge is 0.315 e. The second kappa shape index (κ2) is 8.68. The summed E-state index contributed by atoms with van der Waals surface area (Å²) in [6.45, 7) is 5.54. The van der Waals surface area contributed by atoms with Crippen LogP contribution in [0.3, 0.4) is 0 Å². The molecule has 110 valence electrons. The lowest BCUT2D eigenvalue weighted by Crippen LogP contribution is -2.29. The average Bonchev–Trinajstić information content (AvgIpc) is 2.80. The second-order valence-electron chi connectivity index (χ2n) is 4.91. The molecule has 0 bridgehead atoms. The molecule has 6 heteroatoms. The normalized spacial score (nSPS) is 12.2. The first-order valence-corrected chi connectivity index (χ1v) is 9.31. The molecule has 0 radical (unpaired) electrons. The number of unbranched alkanes of at least 4 members (excludes halogenated alkanes) is 1. The Labute approximate surface area is 120 Å². The molecule has 1 rings (SSSR count). The predicted molar refractivity (Wildman–Crippen MR) is 82.2 cm³/mol. The van der Waals surface area contributed by atoms with Crippen LogP contribution in [0, 0.1) is 0 Å². The van der Waals surface area contributed by atoms with Crippen molar-refractivity contribution in [2.75, 3.05) is 18.8 Å². The lowest BCUT2D eigenvalue weighted by molar-refractivity contribution is 0.555. The third-order valence-electron chi connectivity index (χ3n) is 2.71. The fraction of sp³-hybridized carbons (Fsp3) is 0.692. The molecule has 0 aromatic carbocycles. The lowest BCUT2D eigenvalue weighted by Gasteiger charge is -2.08. The molecule has 0 aliphatic rings. The zero-order chi connectivity index (χ0) is 14.1. The van der Waals surface area contributed by atoms with E-state index in [-0.39, 0.29) is 5.75 Å². The predicted octanol–water partition coefficient (Wildman–Crippen LogP) is 1.99. The SMILES string of the molecule is CC(C)NCCCCS(=O)(=O)NCCc1ccsc1. The Kier molecular flexibility index (Phi) is 7.60. The quantitative estimate of drug-likeness (QED) is 0.650. The Balaban J connectivity index is 2.10. The minimum atomic E-state index is -3.11. The monoisotopic (exact) mass is 304 g/mol. The van der Waals surface area contributed by atoms with E-state index in [1.165, 1.54) is 5.56 Å². The van der Waals surface area contributed by atoms with E-state index in [4.69, 9.17) is 0 Å². The van der Waals surface area contributed by atoms with Crippen LogP contribution in [-0.2, 0) is 16.4 Å². The van der Waals surface area contributed by atoms with Gasteiger partial charge in [0.1, 0.15) is 0 Å². The van der Waals surface area contributed by atoms with Crippen LogP contribution in [0.25, 0.3) is 0 Å². The van der Waals surface area contributed by atoms with Crippen molar-refractivity contribution in [1.82, 2.24) is 10.0 Å². The van der Waals surface area contributed by atoms with Gasteiger partial charge in [0.25, 0.3) is 0 Å². The van der Waals surface area contributed by atoms with Gasteiger partial charge >= 0.3 is 0 Å². The molecule has 0 fully saturated rings. The molecule has 1 heterocycles. The summed E-state index contributed by atoms with van der Waals surface area (Å²) in [7, 11) is -3.11. The Hall–Kier alpha value is -0.430. The van der Waals surface area contributed by atoms with E-state index in [9.17, 15) is 8.42 Å². The average molecular weight is 304 g/mol. The molecule has 0 atom stereocenters. The lowest BCUT2D eigenvalue weighted by atomic mass is 10.2. The molecule has 1 aromatic rings. The highest BCUT2D eigenvalue weighted by Gasteiger charge is 2.09. The second-order valence-corrected chi connectivity index (χ2v) is 7.62. The van der Waals surface area contributed by atoms with E-state index in [2.05, 4.69) is 23.9 Å². The van der Waals surface area contributed by atoms with Crippen molar-refractivity contribution >= 4 is 21.4 Å². The van der Waals surface area contributed by atoms with Gasteiger partial charge in [-0.25, -0.2) is 13.1 Å². The smallest absolute Gasteiger partial charge is 0.211 e. The molecule has 2 N–H and O–H groups in total. The summed E-state index contributed by atoms with van der Waals surface area (Å²) in [5.74, 6) is 0.219. The molecule has 0 saturated heterocycles. The van der Waals surface area contributed by atoms with Crippen LogP contribution in [0.15, 0.2) is 16.8 Å². The van der Waals surface area contributed by atoms with Crippen molar-refractivity contribution in [3.8, 4) is 0 Å². The summed E-state index contributed by atoms with van der Waals surface area (Å²) in [5, 5.41) is 7.33. The van der Waals surface area contributed by atoms with Crippen molar-refractivity contribution in [3.63, 3.8) is 0 Å². The van der Waals surface area contributed by atoms with Gasteiger partial charge in [0.05, 0.1) is 5.75 Å². The van der Waals surface area contributed by atoms with E-state index in [0.717, 1.165) is 19.4 Å². The molecule has 0 unspecified atom stereocenters. The first kappa shape index (κ1) is 16.6. The highest BCUT2D eigenvalue weighted by Crippen LogP contribution is 2.06. The van der Waals surface area contributed by atoms with E-state index >= 15 is 0 Å². The number of hydrogen-bond donors (Lipinski definition) is 2. The maximum atomic E-state index is 11.7. The number of rotatable bonds is 10. The van der Waals surface area contributed by atoms with E-state index < -0.39 is 10.0 Å². The summed E-state index contributed by atoms with van der Waals surface area (Å²) in [6.07, 6.45) is 2.36. The highest BCUT2D eigenvalue weighted by molar-refractivity contribution is 7.89. The van der Waals surface area contributed by atoms with Crippen LogP contribution in [0.5, 0.6) is 0 Å². The number of sulfonamides is 1. The van der Waals surface area contributed by atoms with Crippen LogP contribution < -0.4 is 10.0 Å². The zero-order valence-corrected chi connectivity index (χ0v) is 13.3. The first-order valence-electron chi connectivity index (χ1n) is 6.71. The fourth-order valence-electron chi connectivity index (χ4n) is 1.67. The molecule has 0 amide bonds. The standard InChI is InChI=1S/C13H24N2O2S2/c1-12(2)14-7-3-4-10-19(16,17)15-8-5-13-6-9-18-11-13/h6,9,11-12,14-15H,3-5,7-8,10H2,1-2H3. The minimum absolute atomic E-state index is 0.219. The maximum Gasteiger partial charge on any atom is 0.211 e. The van der Waals surface area contributed by atoms with Gasteiger partial charge in [-0.05, 0) is 48.2 Å². The molecule has 0 saturated carbocycles. The van der Waals surface area contributed by atoms with Crippen molar-refractivity contribution in [1.29, 1.82) is 0 Å². The Morgan fingerprint density at radius 2 is 2.05 bits per heavy atom. The Morgan fingerprint density at radius 1 is 1.26 bits per heavy atom. The van der Waals surface area contributed by atoms with Gasteiger partial charge in [0.15, 0.2) is 0 Å². The maximum absolute atomic E-state index is 11.7. The summed E-state index contributed by atoms with van der Waals surface area (Å²) in [5.41, 5.74) is 1.19. The Bertz CT molecular complexity index is 428. The third-order valence-corrected chi connectivity index (χ3v) is 4.91. The van der Waals surface area contributed by atoms with Crippen LogP contribution in [0.1, 0.15) is 32.3 Å². The van der Waals surface area contributed by atoms with Gasteiger partial charge < -0.3 is 5.32 Å². The number of nitrogens with one attached hydrogen (secondary N) is 2. The molecule has 0 spiro atoms. The molecular weight excluding hydrogens is 280 g/mol. The van der Waals surface area contributed by atoms with Crippen molar-refractivity contribution in [3.05, 3.63) is 22.4 Å². The van der Waals surface area contributed by atoms with Gasteiger partial charge in [-0.2, -0.15) is 11.3 Å². The summed E-state index contributed by atoms with van der Waals surface area (Å²) in [6, 6.07) is 2.48. The van der Waals surface area contributed by atoms with Gasteiger partial charge in [0.2, 0.25) is 10.0 Å². The van der Waals surface area contributed by atoms with Crippen molar-refractivity contribution < 1.29 is 8.42 Å². The van der Waals surface area contributed by atoms with E-state index in [1.807, 2.05) is 16.8 Å². The van der Waals surface area contributed by atoms with Gasteiger partial charge in [0, 0.05) is 12.6 Å². The van der Waals surface area contributed by atoms with Crippen LogP contribution >= 0.6 is 11.3 Å². The molecule has 0 aliphatic carbocycles. The van der Waals surface area contributed by atoms with Gasteiger partial charge in [-0.3, -0.25) is 0 Å². The van der Waals surface area contributed by atoms with Gasteiger partial charge in [-0.15, -0.1) is 0 Å². The first-order chi connectivity index (χ1) is 8.99. The minimum Gasteiger partial charge on any atom is -0.315 e. The van der Waals surface area contributed by atoms with Crippen LogP contribution in [0.2, 0.25) is 0 Å². The summed E-state index contributed by atoms with van der Waals surface area (Å²) < 4.78 is 26.1. The van der Waals surface area contributed by atoms with Crippen LogP contribution in [0.4, 0.5) is 0 Å². The molecule has 19 heavy (non-hydrogen) atoms. The van der Waals surface area contributed by atoms with Crippen molar-refractivity contribution in [2.45, 2.75) is 39.2 Å². The number of hydrogen-bond acceptors (Lipinski definition) is 4. The highest BCUT2D eigenvalue weighted by atomic mass is 32.2. The third kappa shape index (κ3) is 8.36. The molecule has 1 aromatic heterocycles. The van der Waals surface area contributed by atoms with Gasteiger partial charge in [-0.1, -0.05) is 13.8 Å². The van der Waals surface area contributed by atoms with E-state index in [1.54, 1.807) is 11.3 Å². The van der Waals surface area contributed by atoms with Crippen molar-refractivity contribution in [2.24, 2.45) is 0 Å². The zero-order valence-electron chi connectivity index (χ0n) is 11.7. The van der Waals surface area contributed by atoms with E-state index in [0.29, 0.717) is 19.0 Å². The fourth-order valence-corrected chi connectivity index (χ4v) is 3.51. The summed E-state index contributed by atoms with van der Waals surface area (Å²) >= 11 is 1.63. The number of thiophene rings is 1. The Morgan fingerprint density at radius 3 is 2.68 bits per heavy atom. The topological polar surface area (TPSA) is 58.2 Å². The summed E-state index contributed by atoms with van der Waals surface area (Å²) in [4.78, 5) is 0.